The van der Waals surface area contributed by atoms with E-state index in [1.165, 1.54) is 12.1 Å². The van der Waals surface area contributed by atoms with Crippen molar-refractivity contribution in [1.29, 1.82) is 0 Å². The van der Waals surface area contributed by atoms with Crippen molar-refractivity contribution in [1.82, 2.24) is 0 Å². The number of carboxylic acids is 1. The van der Waals surface area contributed by atoms with Gasteiger partial charge in [0.25, 0.3) is 0 Å². The minimum atomic E-state index is -0.991. The number of aliphatic carboxylic acids is 1. The van der Waals surface area contributed by atoms with Gasteiger partial charge in [0.05, 0.1) is 17.1 Å². The molecule has 0 saturated carbocycles. The van der Waals surface area contributed by atoms with Crippen molar-refractivity contribution in [2.24, 2.45) is 0 Å². The number of hydrogen-bond donors (Lipinski definition) is 2. The molecule has 0 unspecified atom stereocenters. The molecule has 1 aromatic carbocycles. The SMILES string of the molecule is Nc1ccc(Cl)c(CC(=O)O)c1Cl. The maximum atomic E-state index is 10.4. The van der Waals surface area contributed by atoms with E-state index < -0.39 is 5.97 Å². The average molecular weight is 220 g/mol. The number of anilines is 1. The van der Waals surface area contributed by atoms with Crippen molar-refractivity contribution in [3.63, 3.8) is 0 Å². The van der Waals surface area contributed by atoms with Gasteiger partial charge in [-0.1, -0.05) is 23.2 Å². The van der Waals surface area contributed by atoms with Crippen molar-refractivity contribution in [3.8, 4) is 0 Å². The molecule has 0 heterocycles. The Morgan fingerprint density at radius 3 is 2.62 bits per heavy atom. The van der Waals surface area contributed by atoms with Crippen LogP contribution in [0.25, 0.3) is 0 Å². The molecule has 0 aliphatic heterocycles. The monoisotopic (exact) mass is 219 g/mol. The van der Waals surface area contributed by atoms with Gasteiger partial charge in [0.2, 0.25) is 0 Å². The third-order valence-corrected chi connectivity index (χ3v) is 2.34. The second-order valence-electron chi connectivity index (χ2n) is 2.50. The first-order valence-electron chi connectivity index (χ1n) is 3.46. The van der Waals surface area contributed by atoms with E-state index in [0.717, 1.165) is 0 Å². The van der Waals surface area contributed by atoms with Gasteiger partial charge in [-0.05, 0) is 12.1 Å². The van der Waals surface area contributed by atoms with E-state index in [4.69, 9.17) is 34.0 Å². The summed E-state index contributed by atoms with van der Waals surface area (Å²) in [6, 6.07) is 3.07. The van der Waals surface area contributed by atoms with E-state index in [1.807, 2.05) is 0 Å². The Morgan fingerprint density at radius 2 is 2.08 bits per heavy atom. The number of hydrogen-bond acceptors (Lipinski definition) is 2. The number of nitrogen functional groups attached to an aromatic ring is 1. The Labute approximate surface area is 85.1 Å². The molecule has 1 aromatic rings. The fourth-order valence-electron chi connectivity index (χ4n) is 0.929. The topological polar surface area (TPSA) is 63.3 Å². The number of rotatable bonds is 2. The van der Waals surface area contributed by atoms with Gasteiger partial charge in [-0.25, -0.2) is 0 Å². The van der Waals surface area contributed by atoms with E-state index in [0.29, 0.717) is 16.3 Å². The summed E-state index contributed by atoms with van der Waals surface area (Å²) in [7, 11) is 0. The second-order valence-corrected chi connectivity index (χ2v) is 3.28. The van der Waals surface area contributed by atoms with Gasteiger partial charge in [-0.3, -0.25) is 4.79 Å². The molecule has 3 N–H and O–H groups in total. The quantitative estimate of drug-likeness (QED) is 0.751. The van der Waals surface area contributed by atoms with E-state index in [9.17, 15) is 4.79 Å². The standard InChI is InChI=1S/C8H7Cl2NO2/c9-5-1-2-6(11)8(10)4(5)3-7(12)13/h1-2H,3,11H2,(H,12,13). The number of halogens is 2. The Bertz CT molecular complexity index is 352. The van der Waals surface area contributed by atoms with Gasteiger partial charge in [0.15, 0.2) is 0 Å². The summed E-state index contributed by atoms with van der Waals surface area (Å²) in [5.74, 6) is -0.991. The van der Waals surface area contributed by atoms with Gasteiger partial charge < -0.3 is 10.8 Å². The Morgan fingerprint density at radius 1 is 1.46 bits per heavy atom. The van der Waals surface area contributed by atoms with Crippen LogP contribution in [0.2, 0.25) is 10.0 Å². The molecule has 0 aromatic heterocycles. The molecule has 3 nitrogen and oxygen atoms in total. The maximum Gasteiger partial charge on any atom is 0.307 e. The molecule has 0 fully saturated rings. The first kappa shape index (κ1) is 10.2. The Kier molecular flexibility index (Phi) is 3.01. The van der Waals surface area contributed by atoms with E-state index >= 15 is 0 Å². The van der Waals surface area contributed by atoms with Gasteiger partial charge in [0, 0.05) is 10.6 Å². The zero-order valence-electron chi connectivity index (χ0n) is 6.55. The zero-order valence-corrected chi connectivity index (χ0v) is 8.06. The smallest absolute Gasteiger partial charge is 0.307 e. The summed E-state index contributed by atoms with van der Waals surface area (Å²) in [5.41, 5.74) is 6.17. The lowest BCUT2D eigenvalue weighted by Gasteiger charge is -2.06. The first-order valence-corrected chi connectivity index (χ1v) is 4.22. The van der Waals surface area contributed by atoms with Crippen LogP contribution in [0.15, 0.2) is 12.1 Å². The van der Waals surface area contributed by atoms with Crippen molar-refractivity contribution >= 4 is 34.9 Å². The van der Waals surface area contributed by atoms with Crippen molar-refractivity contribution in [3.05, 3.63) is 27.7 Å². The lowest BCUT2D eigenvalue weighted by Crippen LogP contribution is -2.02. The predicted molar refractivity (Wildman–Crippen MR) is 52.2 cm³/mol. The second kappa shape index (κ2) is 3.85. The van der Waals surface area contributed by atoms with Crippen LogP contribution in [0.5, 0.6) is 0 Å². The fraction of sp³-hybridized carbons (Fsp3) is 0.125. The van der Waals surface area contributed by atoms with Crippen molar-refractivity contribution < 1.29 is 9.90 Å². The van der Waals surface area contributed by atoms with Crippen LogP contribution in [-0.4, -0.2) is 11.1 Å². The number of carbonyl (C=O) groups is 1. The molecule has 0 amide bonds. The van der Waals surface area contributed by atoms with Crippen LogP contribution in [0.3, 0.4) is 0 Å². The van der Waals surface area contributed by atoms with E-state index in [2.05, 4.69) is 0 Å². The molecule has 0 aliphatic rings. The molecule has 0 bridgehead atoms. The number of carboxylic acid groups (broad SMARTS) is 1. The van der Waals surface area contributed by atoms with Gasteiger partial charge in [-0.2, -0.15) is 0 Å². The molecule has 0 atom stereocenters. The van der Waals surface area contributed by atoms with Crippen LogP contribution in [-0.2, 0) is 11.2 Å². The molecular formula is C8H7Cl2NO2. The number of benzene rings is 1. The molecule has 0 spiro atoms. The minimum Gasteiger partial charge on any atom is -0.481 e. The van der Waals surface area contributed by atoms with Crippen LogP contribution < -0.4 is 5.73 Å². The highest BCUT2D eigenvalue weighted by Crippen LogP contribution is 2.29. The molecule has 0 saturated heterocycles. The largest absolute Gasteiger partial charge is 0.481 e. The van der Waals surface area contributed by atoms with E-state index in [-0.39, 0.29) is 11.4 Å². The van der Waals surface area contributed by atoms with Crippen LogP contribution in [0.4, 0.5) is 5.69 Å². The summed E-state index contributed by atoms with van der Waals surface area (Å²) in [6.07, 6.45) is -0.220. The highest BCUT2D eigenvalue weighted by molar-refractivity contribution is 6.37. The van der Waals surface area contributed by atoms with E-state index in [1.54, 1.807) is 0 Å². The summed E-state index contributed by atoms with van der Waals surface area (Å²) >= 11 is 11.5. The van der Waals surface area contributed by atoms with Crippen LogP contribution in [0, 0.1) is 0 Å². The molecular weight excluding hydrogens is 213 g/mol. The van der Waals surface area contributed by atoms with Crippen LogP contribution >= 0.6 is 23.2 Å². The number of nitrogens with two attached hydrogens (primary N) is 1. The molecule has 0 radical (unpaired) electrons. The molecule has 13 heavy (non-hydrogen) atoms. The molecule has 0 aliphatic carbocycles. The van der Waals surface area contributed by atoms with Gasteiger partial charge in [-0.15, -0.1) is 0 Å². The fourth-order valence-corrected chi connectivity index (χ4v) is 1.43. The lowest BCUT2D eigenvalue weighted by atomic mass is 10.1. The summed E-state index contributed by atoms with van der Waals surface area (Å²) in [4.78, 5) is 10.4. The summed E-state index contributed by atoms with van der Waals surface area (Å²) in [5, 5.41) is 9.09. The average Bonchev–Trinajstić information content (AvgIpc) is 2.05. The predicted octanol–water partition coefficient (Wildman–Crippen LogP) is 2.20. The zero-order chi connectivity index (χ0) is 10.0. The summed E-state index contributed by atoms with van der Waals surface area (Å²) < 4.78 is 0. The normalized spacial score (nSPS) is 10.0. The van der Waals surface area contributed by atoms with Gasteiger partial charge in [0.1, 0.15) is 0 Å². The highest BCUT2D eigenvalue weighted by atomic mass is 35.5. The van der Waals surface area contributed by atoms with Gasteiger partial charge >= 0.3 is 5.97 Å². The first-order chi connectivity index (χ1) is 6.02. The van der Waals surface area contributed by atoms with Crippen molar-refractivity contribution in [2.45, 2.75) is 6.42 Å². The lowest BCUT2D eigenvalue weighted by molar-refractivity contribution is -0.136. The third kappa shape index (κ3) is 2.26. The minimum absolute atomic E-state index is 0.218. The van der Waals surface area contributed by atoms with Crippen LogP contribution in [0.1, 0.15) is 5.56 Å². The Hall–Kier alpha value is -0.930. The maximum absolute atomic E-state index is 10.4. The highest BCUT2D eigenvalue weighted by Gasteiger charge is 2.11. The molecule has 1 rings (SSSR count). The Balaban J connectivity index is 3.17. The molecule has 5 heteroatoms. The summed E-state index contributed by atoms with van der Waals surface area (Å²) in [6.45, 7) is 0. The van der Waals surface area contributed by atoms with Crippen molar-refractivity contribution in [2.75, 3.05) is 5.73 Å². The third-order valence-electron chi connectivity index (χ3n) is 1.54. The molecule has 70 valence electrons.